The lowest BCUT2D eigenvalue weighted by atomic mass is 10.3. The SMILES string of the molecule is CNC(CS(C)(=O)=O)c1ccc(Br)s1. The van der Waals surface area contributed by atoms with E-state index in [1.807, 2.05) is 12.1 Å². The van der Waals surface area contributed by atoms with Crippen molar-refractivity contribution in [1.82, 2.24) is 5.32 Å². The lowest BCUT2D eigenvalue weighted by Crippen LogP contribution is -2.23. The van der Waals surface area contributed by atoms with Crippen molar-refractivity contribution in [3.8, 4) is 0 Å². The van der Waals surface area contributed by atoms with Gasteiger partial charge in [0.05, 0.1) is 15.6 Å². The maximum Gasteiger partial charge on any atom is 0.149 e. The zero-order valence-corrected chi connectivity index (χ0v) is 11.2. The lowest BCUT2D eigenvalue weighted by Gasteiger charge is -2.12. The van der Waals surface area contributed by atoms with Gasteiger partial charge in [-0.1, -0.05) is 0 Å². The van der Waals surface area contributed by atoms with E-state index in [2.05, 4.69) is 21.2 Å². The molecule has 3 nitrogen and oxygen atoms in total. The van der Waals surface area contributed by atoms with Crippen molar-refractivity contribution in [2.45, 2.75) is 6.04 Å². The van der Waals surface area contributed by atoms with Gasteiger partial charge in [0, 0.05) is 11.1 Å². The molecule has 0 aliphatic carbocycles. The number of sulfone groups is 1. The molecule has 0 spiro atoms. The number of hydrogen-bond acceptors (Lipinski definition) is 4. The Hall–Kier alpha value is 0.0900. The first-order valence-electron chi connectivity index (χ1n) is 4.02. The van der Waals surface area contributed by atoms with E-state index in [0.29, 0.717) is 0 Å². The van der Waals surface area contributed by atoms with Gasteiger partial charge in [0.1, 0.15) is 9.84 Å². The third-order valence-corrected chi connectivity index (χ3v) is 4.43. The summed E-state index contributed by atoms with van der Waals surface area (Å²) in [5.74, 6) is 0.135. The molecule has 14 heavy (non-hydrogen) atoms. The first-order chi connectivity index (χ1) is 6.42. The van der Waals surface area contributed by atoms with Gasteiger partial charge in [0.25, 0.3) is 0 Å². The highest BCUT2D eigenvalue weighted by Gasteiger charge is 2.16. The van der Waals surface area contributed by atoms with Gasteiger partial charge in [0.2, 0.25) is 0 Å². The third kappa shape index (κ3) is 3.68. The quantitative estimate of drug-likeness (QED) is 0.922. The molecule has 1 aromatic heterocycles. The van der Waals surface area contributed by atoms with Gasteiger partial charge in [-0.25, -0.2) is 8.42 Å². The summed E-state index contributed by atoms with van der Waals surface area (Å²) >= 11 is 4.90. The molecule has 1 atom stereocenters. The molecule has 0 bridgehead atoms. The molecule has 0 saturated carbocycles. The van der Waals surface area contributed by atoms with E-state index in [9.17, 15) is 8.42 Å². The number of halogens is 1. The molecular formula is C8H12BrNO2S2. The molecule has 0 aliphatic rings. The monoisotopic (exact) mass is 297 g/mol. The molecule has 1 aromatic rings. The second kappa shape index (κ2) is 4.74. The first kappa shape index (κ1) is 12.2. The van der Waals surface area contributed by atoms with Crippen LogP contribution in [0.1, 0.15) is 10.9 Å². The number of rotatable bonds is 4. The summed E-state index contributed by atoms with van der Waals surface area (Å²) in [7, 11) is -1.18. The van der Waals surface area contributed by atoms with Crippen LogP contribution in [-0.2, 0) is 9.84 Å². The normalized spacial score (nSPS) is 14.2. The maximum atomic E-state index is 11.1. The van der Waals surface area contributed by atoms with Crippen LogP contribution < -0.4 is 5.32 Å². The van der Waals surface area contributed by atoms with Crippen molar-refractivity contribution in [1.29, 1.82) is 0 Å². The predicted octanol–water partition coefficient (Wildman–Crippen LogP) is 1.82. The second-order valence-electron chi connectivity index (χ2n) is 3.08. The summed E-state index contributed by atoms with van der Waals surface area (Å²) in [6.45, 7) is 0. The van der Waals surface area contributed by atoms with Crippen LogP contribution in [0.5, 0.6) is 0 Å². The van der Waals surface area contributed by atoms with Crippen molar-refractivity contribution < 1.29 is 8.42 Å². The van der Waals surface area contributed by atoms with E-state index in [4.69, 9.17) is 0 Å². The summed E-state index contributed by atoms with van der Waals surface area (Å²) < 4.78 is 23.3. The molecule has 6 heteroatoms. The Balaban J connectivity index is 2.83. The molecule has 1 heterocycles. The summed E-state index contributed by atoms with van der Waals surface area (Å²) in [6.07, 6.45) is 1.25. The minimum atomic E-state index is -2.95. The van der Waals surface area contributed by atoms with Gasteiger partial charge in [-0.2, -0.15) is 0 Å². The van der Waals surface area contributed by atoms with Gasteiger partial charge in [0.15, 0.2) is 0 Å². The van der Waals surface area contributed by atoms with Gasteiger partial charge in [-0.15, -0.1) is 11.3 Å². The van der Waals surface area contributed by atoms with E-state index in [0.717, 1.165) is 8.66 Å². The Kier molecular flexibility index (Phi) is 4.12. The number of thiophene rings is 1. The van der Waals surface area contributed by atoms with Crippen molar-refractivity contribution in [3.63, 3.8) is 0 Å². The van der Waals surface area contributed by atoms with E-state index < -0.39 is 9.84 Å². The average molecular weight is 298 g/mol. The van der Waals surface area contributed by atoms with E-state index in [-0.39, 0.29) is 11.8 Å². The van der Waals surface area contributed by atoms with Crippen LogP contribution in [0.3, 0.4) is 0 Å². The Morgan fingerprint density at radius 2 is 2.21 bits per heavy atom. The van der Waals surface area contributed by atoms with Gasteiger partial charge in [-0.05, 0) is 35.1 Å². The molecule has 80 valence electrons. The minimum Gasteiger partial charge on any atom is -0.311 e. The van der Waals surface area contributed by atoms with Gasteiger partial charge in [-0.3, -0.25) is 0 Å². The highest BCUT2D eigenvalue weighted by Crippen LogP contribution is 2.27. The van der Waals surface area contributed by atoms with Crippen molar-refractivity contribution >= 4 is 37.1 Å². The van der Waals surface area contributed by atoms with Crippen LogP contribution >= 0.6 is 27.3 Å². The third-order valence-electron chi connectivity index (χ3n) is 1.76. The topological polar surface area (TPSA) is 46.2 Å². The second-order valence-corrected chi connectivity index (χ2v) is 7.75. The summed E-state index contributed by atoms with van der Waals surface area (Å²) in [6, 6.07) is 3.74. The fourth-order valence-electron chi connectivity index (χ4n) is 1.13. The molecule has 0 fully saturated rings. The van der Waals surface area contributed by atoms with Gasteiger partial charge < -0.3 is 5.32 Å². The fourth-order valence-corrected chi connectivity index (χ4v) is 3.72. The Morgan fingerprint density at radius 3 is 2.57 bits per heavy atom. The molecule has 1 rings (SSSR count). The fraction of sp³-hybridized carbons (Fsp3) is 0.500. The van der Waals surface area contributed by atoms with E-state index in [1.165, 1.54) is 6.26 Å². The molecule has 1 N–H and O–H groups in total. The number of hydrogen-bond donors (Lipinski definition) is 1. The molecule has 0 aromatic carbocycles. The Morgan fingerprint density at radius 1 is 1.57 bits per heavy atom. The van der Waals surface area contributed by atoms with Crippen LogP contribution in [0.2, 0.25) is 0 Å². The summed E-state index contributed by atoms with van der Waals surface area (Å²) in [4.78, 5) is 1.03. The van der Waals surface area contributed by atoms with Crippen LogP contribution in [0, 0.1) is 0 Å². The molecule has 0 radical (unpaired) electrons. The van der Waals surface area contributed by atoms with E-state index >= 15 is 0 Å². The highest BCUT2D eigenvalue weighted by molar-refractivity contribution is 9.11. The van der Waals surface area contributed by atoms with Crippen LogP contribution in [0.4, 0.5) is 0 Å². The molecule has 1 unspecified atom stereocenters. The smallest absolute Gasteiger partial charge is 0.149 e. The average Bonchev–Trinajstić information content (AvgIpc) is 2.46. The predicted molar refractivity (Wildman–Crippen MR) is 63.5 cm³/mol. The molecule has 0 amide bonds. The van der Waals surface area contributed by atoms with Crippen LogP contribution in [-0.4, -0.2) is 27.5 Å². The molecule has 0 aliphatic heterocycles. The first-order valence-corrected chi connectivity index (χ1v) is 7.69. The Labute approximate surface area is 96.6 Å². The van der Waals surface area contributed by atoms with Gasteiger partial charge >= 0.3 is 0 Å². The minimum absolute atomic E-state index is 0.110. The molecular weight excluding hydrogens is 286 g/mol. The summed E-state index contributed by atoms with van der Waals surface area (Å²) in [5, 5.41) is 3.00. The van der Waals surface area contributed by atoms with Crippen LogP contribution in [0.15, 0.2) is 15.9 Å². The van der Waals surface area contributed by atoms with Crippen molar-refractivity contribution in [2.24, 2.45) is 0 Å². The summed E-state index contributed by atoms with van der Waals surface area (Å²) in [5.41, 5.74) is 0. The zero-order chi connectivity index (χ0) is 10.8. The van der Waals surface area contributed by atoms with Crippen molar-refractivity contribution in [2.75, 3.05) is 19.1 Å². The van der Waals surface area contributed by atoms with Crippen LogP contribution in [0.25, 0.3) is 0 Å². The van der Waals surface area contributed by atoms with E-state index in [1.54, 1.807) is 18.4 Å². The maximum absolute atomic E-state index is 11.1. The van der Waals surface area contributed by atoms with Crippen molar-refractivity contribution in [3.05, 3.63) is 20.8 Å². The number of nitrogens with one attached hydrogen (secondary N) is 1. The largest absolute Gasteiger partial charge is 0.311 e. The zero-order valence-electron chi connectivity index (χ0n) is 7.95. The molecule has 0 saturated heterocycles. The Bertz CT molecular complexity index is 399. The lowest BCUT2D eigenvalue weighted by molar-refractivity contribution is 0.582. The highest BCUT2D eigenvalue weighted by atomic mass is 79.9. The standard InChI is InChI=1S/C8H12BrNO2S2/c1-10-6(5-14(2,11)12)7-3-4-8(9)13-7/h3-4,6,10H,5H2,1-2H3.